The fourth-order valence-corrected chi connectivity index (χ4v) is 1.50. The van der Waals surface area contributed by atoms with Gasteiger partial charge in [0.05, 0.1) is 0 Å². The van der Waals surface area contributed by atoms with Crippen molar-refractivity contribution in [2.24, 2.45) is 0 Å². The van der Waals surface area contributed by atoms with Gasteiger partial charge in [-0.15, -0.1) is 0 Å². The molecule has 0 saturated carbocycles. The summed E-state index contributed by atoms with van der Waals surface area (Å²) in [5.41, 5.74) is 0.116. The number of hydrogen-bond acceptors (Lipinski definition) is 4. The molecule has 1 aromatic carbocycles. The lowest BCUT2D eigenvalue weighted by Gasteiger charge is -1.94. The predicted octanol–water partition coefficient (Wildman–Crippen LogP) is 0.213. The topological polar surface area (TPSA) is 81.7 Å². The van der Waals surface area contributed by atoms with Gasteiger partial charge in [-0.3, -0.25) is 9.59 Å². The third-order valence-electron chi connectivity index (χ3n) is 2.39. The maximum atomic E-state index is 11.2. The lowest BCUT2D eigenvalue weighted by atomic mass is 10.1. The monoisotopic (exact) mass is 238 g/mol. The largest absolute Gasteiger partial charge is 0.294 e. The zero-order valence-corrected chi connectivity index (χ0v) is 10.0. The van der Waals surface area contributed by atoms with E-state index in [1.165, 1.54) is 13.8 Å². The zero-order chi connectivity index (χ0) is 13.7. The van der Waals surface area contributed by atoms with Crippen molar-refractivity contribution in [1.82, 2.24) is 0 Å². The second kappa shape index (κ2) is 5.56. The van der Waals surface area contributed by atoms with Crippen LogP contribution in [0.1, 0.15) is 13.8 Å². The molecule has 4 nitrogen and oxygen atoms in total. The third kappa shape index (κ3) is 2.69. The molecule has 0 aromatic heterocycles. The van der Waals surface area contributed by atoms with Gasteiger partial charge < -0.3 is 0 Å². The van der Waals surface area contributed by atoms with Crippen molar-refractivity contribution < 1.29 is 9.59 Å². The predicted molar refractivity (Wildman–Crippen MR) is 65.1 cm³/mol. The molecule has 88 valence electrons. The highest BCUT2D eigenvalue weighted by Gasteiger charge is 2.05. The highest BCUT2D eigenvalue weighted by Crippen LogP contribution is 1.94. The molecule has 4 heteroatoms. The first-order chi connectivity index (χ1) is 8.51. The first-order valence-corrected chi connectivity index (χ1v) is 5.18. The van der Waals surface area contributed by atoms with Gasteiger partial charge in [-0.1, -0.05) is 24.3 Å². The molecule has 0 N–H and O–H groups in total. The smallest absolute Gasteiger partial charge is 0.170 e. The van der Waals surface area contributed by atoms with Crippen molar-refractivity contribution in [2.45, 2.75) is 13.8 Å². The molecule has 0 unspecified atom stereocenters. The van der Waals surface area contributed by atoms with Crippen molar-refractivity contribution in [2.75, 3.05) is 0 Å². The Hall–Kier alpha value is -2.72. The van der Waals surface area contributed by atoms with Crippen LogP contribution in [-0.2, 0) is 9.59 Å². The fraction of sp³-hybridized carbons (Fsp3) is 0.143. The standard InChI is InChI=1S/C14H10N2O2/c1-9(17)13(7-15)11-3-5-12(6-4-11)14(8-16)10(2)18/h3-6H,1-2H3. The van der Waals surface area contributed by atoms with E-state index in [-0.39, 0.29) is 22.7 Å². The summed E-state index contributed by atoms with van der Waals surface area (Å²) in [5, 5.41) is 18.6. The first-order valence-electron chi connectivity index (χ1n) is 5.18. The molecule has 0 atom stereocenters. The number of ketones is 2. The van der Waals surface area contributed by atoms with E-state index in [9.17, 15) is 9.59 Å². The molecular formula is C14H10N2O2. The molecule has 0 saturated heterocycles. The van der Waals surface area contributed by atoms with E-state index in [2.05, 4.69) is 0 Å². The van der Waals surface area contributed by atoms with Gasteiger partial charge in [0.15, 0.2) is 11.6 Å². The van der Waals surface area contributed by atoms with Crippen molar-refractivity contribution >= 4 is 22.7 Å². The molecule has 0 aliphatic rings. The van der Waals surface area contributed by atoms with Crippen LogP contribution in [0, 0.1) is 22.7 Å². The summed E-state index contributed by atoms with van der Waals surface area (Å²) in [6.07, 6.45) is 0. The van der Waals surface area contributed by atoms with E-state index in [1.54, 1.807) is 24.3 Å². The lowest BCUT2D eigenvalue weighted by Crippen LogP contribution is -2.16. The van der Waals surface area contributed by atoms with Crippen LogP contribution in [0.15, 0.2) is 24.3 Å². The van der Waals surface area contributed by atoms with E-state index in [1.807, 2.05) is 12.1 Å². The molecule has 0 heterocycles. The fourth-order valence-electron chi connectivity index (χ4n) is 1.50. The molecule has 1 rings (SSSR count). The first kappa shape index (κ1) is 13.3. The van der Waals surface area contributed by atoms with Crippen LogP contribution < -0.4 is 10.4 Å². The molecule has 1 aromatic rings. The number of nitriles is 2. The maximum Gasteiger partial charge on any atom is 0.170 e. The highest BCUT2D eigenvalue weighted by molar-refractivity contribution is 6.19. The van der Waals surface area contributed by atoms with E-state index in [4.69, 9.17) is 10.5 Å². The molecule has 0 spiro atoms. The molecule has 0 fully saturated rings. The average molecular weight is 238 g/mol. The Kier molecular flexibility index (Phi) is 4.12. The van der Waals surface area contributed by atoms with Gasteiger partial charge in [0.1, 0.15) is 23.3 Å². The Balaban J connectivity index is 3.60. The van der Waals surface area contributed by atoms with E-state index in [0.717, 1.165) is 0 Å². The van der Waals surface area contributed by atoms with Crippen molar-refractivity contribution in [3.05, 3.63) is 34.7 Å². The third-order valence-corrected chi connectivity index (χ3v) is 2.39. The van der Waals surface area contributed by atoms with Gasteiger partial charge in [0, 0.05) is 0 Å². The van der Waals surface area contributed by atoms with Crippen LogP contribution in [0.2, 0.25) is 0 Å². The Labute approximate surface area is 104 Å². The average Bonchev–Trinajstić information content (AvgIpc) is 2.32. The van der Waals surface area contributed by atoms with E-state index >= 15 is 0 Å². The van der Waals surface area contributed by atoms with Gasteiger partial charge in [-0.2, -0.15) is 10.5 Å². The number of carbonyl (C=O) groups is 2. The molecular weight excluding hydrogens is 228 g/mol. The minimum absolute atomic E-state index is 0.0582. The van der Waals surface area contributed by atoms with Gasteiger partial charge >= 0.3 is 0 Å². The molecule has 18 heavy (non-hydrogen) atoms. The molecule has 0 aliphatic carbocycles. The van der Waals surface area contributed by atoms with Gasteiger partial charge in [-0.25, -0.2) is 0 Å². The number of benzene rings is 1. The minimum Gasteiger partial charge on any atom is -0.294 e. The molecule has 0 aliphatic heterocycles. The van der Waals surface area contributed by atoms with Crippen molar-refractivity contribution in [3.8, 4) is 12.1 Å². The molecule has 0 bridgehead atoms. The quantitative estimate of drug-likeness (QED) is 0.737. The van der Waals surface area contributed by atoms with Gasteiger partial charge in [0.2, 0.25) is 0 Å². The molecule has 0 radical (unpaired) electrons. The van der Waals surface area contributed by atoms with Crippen molar-refractivity contribution in [3.63, 3.8) is 0 Å². The summed E-state index contributed by atoms with van der Waals surface area (Å²) in [4.78, 5) is 22.4. The summed E-state index contributed by atoms with van der Waals surface area (Å²) >= 11 is 0. The summed E-state index contributed by atoms with van der Waals surface area (Å²) in [7, 11) is 0. The Morgan fingerprint density at radius 1 is 0.833 bits per heavy atom. The SMILES string of the molecule is CC(=O)C(C#N)=c1ccc(=C(C#N)C(C)=O)cc1. The lowest BCUT2D eigenvalue weighted by molar-refractivity contribution is -0.112. The van der Waals surface area contributed by atoms with Crippen LogP contribution in [-0.4, -0.2) is 11.6 Å². The Bertz CT molecular complexity index is 629. The van der Waals surface area contributed by atoms with E-state index in [0.29, 0.717) is 10.4 Å². The van der Waals surface area contributed by atoms with Crippen molar-refractivity contribution in [1.29, 1.82) is 10.5 Å². The van der Waals surface area contributed by atoms with Crippen LogP contribution >= 0.6 is 0 Å². The number of carbonyl (C=O) groups excluding carboxylic acids is 2. The Morgan fingerprint density at radius 2 is 1.11 bits per heavy atom. The number of hydrogen-bond donors (Lipinski definition) is 0. The van der Waals surface area contributed by atoms with Gasteiger partial charge in [0.25, 0.3) is 0 Å². The highest BCUT2D eigenvalue weighted by atomic mass is 16.1. The second-order valence-electron chi connectivity index (χ2n) is 3.66. The molecule has 0 amide bonds. The maximum absolute atomic E-state index is 11.2. The van der Waals surface area contributed by atoms with Crippen LogP contribution in [0.5, 0.6) is 0 Å². The number of rotatable bonds is 2. The van der Waals surface area contributed by atoms with Crippen LogP contribution in [0.25, 0.3) is 11.1 Å². The summed E-state index contributed by atoms with van der Waals surface area (Å²) in [5.74, 6) is -0.636. The number of nitrogens with zero attached hydrogens (tertiary/aromatic N) is 2. The Morgan fingerprint density at radius 3 is 1.28 bits per heavy atom. The van der Waals surface area contributed by atoms with Crippen LogP contribution in [0.3, 0.4) is 0 Å². The summed E-state index contributed by atoms with van der Waals surface area (Å²) in [6, 6.07) is 9.87. The van der Waals surface area contributed by atoms with Gasteiger partial charge in [-0.05, 0) is 24.3 Å². The second-order valence-corrected chi connectivity index (χ2v) is 3.66. The zero-order valence-electron chi connectivity index (χ0n) is 10.0. The summed E-state index contributed by atoms with van der Waals surface area (Å²) in [6.45, 7) is 2.63. The normalized spacial score (nSPS) is 8.89. The summed E-state index contributed by atoms with van der Waals surface area (Å²) < 4.78 is 0. The minimum atomic E-state index is -0.318. The van der Waals surface area contributed by atoms with E-state index < -0.39 is 0 Å². The number of Topliss-reactive ketones (excluding diaryl/α,β-unsaturated/α-hetero) is 2. The van der Waals surface area contributed by atoms with Crippen LogP contribution in [0.4, 0.5) is 0 Å².